The van der Waals surface area contributed by atoms with Crippen molar-refractivity contribution < 1.29 is 4.74 Å². The van der Waals surface area contributed by atoms with Gasteiger partial charge in [0.2, 0.25) is 0 Å². The number of ether oxygens (including phenoxy) is 1. The Morgan fingerprint density at radius 3 is 2.77 bits per heavy atom. The zero-order valence-corrected chi connectivity index (χ0v) is 8.58. The Balaban J connectivity index is 2.81. The number of halogens is 1. The van der Waals surface area contributed by atoms with Crippen LogP contribution in [0.3, 0.4) is 0 Å². The van der Waals surface area contributed by atoms with Crippen LogP contribution in [0.1, 0.15) is 0 Å². The van der Waals surface area contributed by atoms with Crippen LogP contribution in [0.25, 0.3) is 11.0 Å². The summed E-state index contributed by atoms with van der Waals surface area (Å²) >= 11 is 3.38. The highest BCUT2D eigenvalue weighted by atomic mass is 79.9. The molecule has 0 fully saturated rings. The van der Waals surface area contributed by atoms with Gasteiger partial charge in [-0.25, -0.2) is 4.98 Å². The standard InChI is InChI=1S/C9H7BrN2O/c1-13-8-5-6(10)4-7-9(8)12-3-2-11-7/h2-5H,1H3. The van der Waals surface area contributed by atoms with Gasteiger partial charge in [-0.2, -0.15) is 0 Å². The average molecular weight is 239 g/mol. The van der Waals surface area contributed by atoms with E-state index < -0.39 is 0 Å². The van der Waals surface area contributed by atoms with Crippen LogP contribution < -0.4 is 4.74 Å². The first kappa shape index (κ1) is 8.44. The van der Waals surface area contributed by atoms with Crippen LogP contribution in [0.5, 0.6) is 5.75 Å². The Kier molecular flexibility index (Phi) is 2.14. The molecule has 66 valence electrons. The molecule has 0 saturated carbocycles. The summed E-state index contributed by atoms with van der Waals surface area (Å²) in [6.07, 6.45) is 3.31. The molecule has 0 radical (unpaired) electrons. The van der Waals surface area contributed by atoms with E-state index in [4.69, 9.17) is 4.74 Å². The second kappa shape index (κ2) is 3.30. The van der Waals surface area contributed by atoms with E-state index in [9.17, 15) is 0 Å². The minimum Gasteiger partial charge on any atom is -0.494 e. The number of fused-ring (bicyclic) bond motifs is 1. The zero-order valence-electron chi connectivity index (χ0n) is 6.99. The van der Waals surface area contributed by atoms with Crippen molar-refractivity contribution in [2.24, 2.45) is 0 Å². The van der Waals surface area contributed by atoms with Gasteiger partial charge in [0.15, 0.2) is 0 Å². The summed E-state index contributed by atoms with van der Waals surface area (Å²) < 4.78 is 6.12. The molecule has 0 saturated heterocycles. The van der Waals surface area contributed by atoms with Gasteiger partial charge in [0.25, 0.3) is 0 Å². The van der Waals surface area contributed by atoms with Crippen molar-refractivity contribution in [2.75, 3.05) is 7.11 Å². The van der Waals surface area contributed by atoms with Crippen molar-refractivity contribution in [3.8, 4) is 5.75 Å². The summed E-state index contributed by atoms with van der Waals surface area (Å²) in [6.45, 7) is 0. The quantitative estimate of drug-likeness (QED) is 0.766. The molecule has 0 aliphatic carbocycles. The van der Waals surface area contributed by atoms with Crippen LogP contribution in [-0.4, -0.2) is 17.1 Å². The lowest BCUT2D eigenvalue weighted by molar-refractivity contribution is 0.418. The van der Waals surface area contributed by atoms with Crippen LogP contribution in [0.2, 0.25) is 0 Å². The van der Waals surface area contributed by atoms with Gasteiger partial charge >= 0.3 is 0 Å². The molecule has 4 heteroatoms. The molecule has 0 atom stereocenters. The van der Waals surface area contributed by atoms with Gasteiger partial charge in [0.05, 0.1) is 12.6 Å². The second-order valence-electron chi connectivity index (χ2n) is 2.53. The van der Waals surface area contributed by atoms with E-state index in [0.29, 0.717) is 0 Å². The smallest absolute Gasteiger partial charge is 0.147 e. The van der Waals surface area contributed by atoms with E-state index in [0.717, 1.165) is 21.3 Å². The van der Waals surface area contributed by atoms with Crippen LogP contribution in [0.4, 0.5) is 0 Å². The van der Waals surface area contributed by atoms with Crippen molar-refractivity contribution in [3.05, 3.63) is 29.0 Å². The lowest BCUT2D eigenvalue weighted by atomic mass is 10.3. The third-order valence-electron chi connectivity index (χ3n) is 1.72. The summed E-state index contributed by atoms with van der Waals surface area (Å²) in [7, 11) is 1.62. The number of benzene rings is 1. The zero-order chi connectivity index (χ0) is 9.26. The molecule has 2 aromatic rings. The minimum absolute atomic E-state index is 0.734. The normalized spacial score (nSPS) is 10.3. The van der Waals surface area contributed by atoms with Crippen molar-refractivity contribution in [3.63, 3.8) is 0 Å². The van der Waals surface area contributed by atoms with Crippen LogP contribution in [-0.2, 0) is 0 Å². The first-order valence-electron chi connectivity index (χ1n) is 3.75. The van der Waals surface area contributed by atoms with Crippen molar-refractivity contribution in [2.45, 2.75) is 0 Å². The molecule has 1 aromatic carbocycles. The van der Waals surface area contributed by atoms with Gasteiger partial charge in [-0.15, -0.1) is 0 Å². The molecule has 0 aliphatic rings. The van der Waals surface area contributed by atoms with E-state index in [2.05, 4.69) is 25.9 Å². The van der Waals surface area contributed by atoms with Crippen LogP contribution >= 0.6 is 15.9 Å². The Labute approximate surface area is 83.9 Å². The molecule has 0 amide bonds. The predicted octanol–water partition coefficient (Wildman–Crippen LogP) is 2.40. The molecule has 1 heterocycles. The van der Waals surface area contributed by atoms with E-state index >= 15 is 0 Å². The highest BCUT2D eigenvalue weighted by molar-refractivity contribution is 9.10. The highest BCUT2D eigenvalue weighted by Crippen LogP contribution is 2.26. The van der Waals surface area contributed by atoms with Gasteiger partial charge in [-0.1, -0.05) is 15.9 Å². The van der Waals surface area contributed by atoms with Gasteiger partial charge < -0.3 is 4.74 Å². The summed E-state index contributed by atoms with van der Waals surface area (Å²) in [5.41, 5.74) is 1.61. The summed E-state index contributed by atoms with van der Waals surface area (Å²) in [5, 5.41) is 0. The molecule has 0 bridgehead atoms. The average Bonchev–Trinajstić information content (AvgIpc) is 2.16. The SMILES string of the molecule is COc1cc(Br)cc2nccnc12. The predicted molar refractivity (Wildman–Crippen MR) is 53.8 cm³/mol. The molecule has 3 nitrogen and oxygen atoms in total. The lowest BCUT2D eigenvalue weighted by Gasteiger charge is -2.03. The largest absolute Gasteiger partial charge is 0.494 e. The Morgan fingerprint density at radius 2 is 2.00 bits per heavy atom. The van der Waals surface area contributed by atoms with Crippen molar-refractivity contribution in [1.29, 1.82) is 0 Å². The second-order valence-corrected chi connectivity index (χ2v) is 3.45. The van der Waals surface area contributed by atoms with Crippen LogP contribution in [0, 0.1) is 0 Å². The van der Waals surface area contributed by atoms with E-state index in [1.54, 1.807) is 19.5 Å². The molecule has 0 aliphatic heterocycles. The first-order valence-corrected chi connectivity index (χ1v) is 4.55. The van der Waals surface area contributed by atoms with Crippen molar-refractivity contribution in [1.82, 2.24) is 9.97 Å². The highest BCUT2D eigenvalue weighted by Gasteiger charge is 2.04. The Morgan fingerprint density at radius 1 is 1.23 bits per heavy atom. The number of methoxy groups -OCH3 is 1. The number of nitrogens with zero attached hydrogens (tertiary/aromatic N) is 2. The third kappa shape index (κ3) is 1.49. The van der Waals surface area contributed by atoms with Crippen LogP contribution in [0.15, 0.2) is 29.0 Å². The fourth-order valence-corrected chi connectivity index (χ4v) is 1.59. The fourth-order valence-electron chi connectivity index (χ4n) is 1.17. The van der Waals surface area contributed by atoms with E-state index in [-0.39, 0.29) is 0 Å². The molecular weight excluding hydrogens is 232 g/mol. The summed E-state index contributed by atoms with van der Waals surface area (Å²) in [5.74, 6) is 0.734. The van der Waals surface area contributed by atoms with Gasteiger partial charge in [0.1, 0.15) is 11.3 Å². The maximum Gasteiger partial charge on any atom is 0.147 e. The summed E-state index contributed by atoms with van der Waals surface area (Å²) in [6, 6.07) is 3.78. The lowest BCUT2D eigenvalue weighted by Crippen LogP contribution is -1.89. The number of rotatable bonds is 1. The van der Waals surface area contributed by atoms with Gasteiger partial charge in [-0.3, -0.25) is 4.98 Å². The van der Waals surface area contributed by atoms with Gasteiger partial charge in [0, 0.05) is 16.9 Å². The third-order valence-corrected chi connectivity index (χ3v) is 2.18. The van der Waals surface area contributed by atoms with E-state index in [1.807, 2.05) is 12.1 Å². The topological polar surface area (TPSA) is 35.0 Å². The number of hydrogen-bond donors (Lipinski definition) is 0. The number of hydrogen-bond acceptors (Lipinski definition) is 3. The first-order chi connectivity index (χ1) is 6.31. The molecule has 0 spiro atoms. The Bertz CT molecular complexity index is 445. The number of aromatic nitrogens is 2. The van der Waals surface area contributed by atoms with Gasteiger partial charge in [-0.05, 0) is 12.1 Å². The molecule has 0 N–H and O–H groups in total. The minimum atomic E-state index is 0.734. The maximum atomic E-state index is 5.18. The molecule has 13 heavy (non-hydrogen) atoms. The Hall–Kier alpha value is -1.16. The molecule has 2 rings (SSSR count). The maximum absolute atomic E-state index is 5.18. The summed E-state index contributed by atoms with van der Waals surface area (Å²) in [4.78, 5) is 8.36. The fraction of sp³-hybridized carbons (Fsp3) is 0.111. The molecule has 1 aromatic heterocycles. The van der Waals surface area contributed by atoms with E-state index in [1.165, 1.54) is 0 Å². The molecular formula is C9H7BrN2O. The van der Waals surface area contributed by atoms with Crippen molar-refractivity contribution >= 4 is 27.0 Å². The molecule has 0 unspecified atom stereocenters. The monoisotopic (exact) mass is 238 g/mol.